The van der Waals surface area contributed by atoms with Crippen molar-refractivity contribution in [3.8, 4) is 11.5 Å². The highest BCUT2D eigenvalue weighted by atomic mass is 19.1. The molecule has 1 unspecified atom stereocenters. The van der Waals surface area contributed by atoms with Crippen molar-refractivity contribution >= 4 is 11.8 Å². The highest BCUT2D eigenvalue weighted by Crippen LogP contribution is 2.37. The van der Waals surface area contributed by atoms with Crippen LogP contribution in [0.15, 0.2) is 36.4 Å². The van der Waals surface area contributed by atoms with E-state index in [0.29, 0.717) is 22.6 Å². The van der Waals surface area contributed by atoms with E-state index in [2.05, 4.69) is 4.74 Å². The smallest absolute Gasteiger partial charge is 0.340 e. The summed E-state index contributed by atoms with van der Waals surface area (Å²) in [5, 5.41) is 0. The van der Waals surface area contributed by atoms with Crippen LogP contribution in [0.5, 0.6) is 11.5 Å². The monoisotopic (exact) mass is 330 g/mol. The molecule has 1 aliphatic rings. The average molecular weight is 330 g/mol. The highest BCUT2D eigenvalue weighted by Gasteiger charge is 2.29. The van der Waals surface area contributed by atoms with Gasteiger partial charge in [0.1, 0.15) is 23.4 Å². The summed E-state index contributed by atoms with van der Waals surface area (Å²) in [7, 11) is 2.70. The lowest BCUT2D eigenvalue weighted by molar-refractivity contribution is 0.0594. The minimum absolute atomic E-state index is 0.0936. The van der Waals surface area contributed by atoms with E-state index in [9.17, 15) is 14.0 Å². The zero-order chi connectivity index (χ0) is 17.3. The Morgan fingerprint density at radius 2 is 2.00 bits per heavy atom. The molecule has 6 heteroatoms. The second-order valence-electron chi connectivity index (χ2n) is 5.33. The first-order valence-corrected chi connectivity index (χ1v) is 7.29. The van der Waals surface area contributed by atoms with Gasteiger partial charge in [0.25, 0.3) is 0 Å². The van der Waals surface area contributed by atoms with E-state index in [1.165, 1.54) is 26.4 Å². The number of ketones is 1. The molecular formula is C18H15FO5. The molecule has 5 nitrogen and oxygen atoms in total. The molecule has 0 saturated heterocycles. The van der Waals surface area contributed by atoms with E-state index in [1.54, 1.807) is 24.3 Å². The average Bonchev–Trinajstić information content (AvgIpc) is 2.60. The summed E-state index contributed by atoms with van der Waals surface area (Å²) in [6.45, 7) is 0. The number of fused-ring (bicyclic) bond motifs is 1. The molecular weight excluding hydrogens is 315 g/mol. The number of esters is 1. The standard InChI is InChI=1S/C18H15FO5/c1-22-11-4-6-13-15(20)9-16(24-17(13)8-11)10-3-5-12(14(19)7-10)18(21)23-2/h3-8,16H,9H2,1-2H3. The number of ether oxygens (including phenoxy) is 3. The molecule has 0 radical (unpaired) electrons. The van der Waals surface area contributed by atoms with Crippen molar-refractivity contribution in [1.29, 1.82) is 0 Å². The number of hydrogen-bond acceptors (Lipinski definition) is 5. The highest BCUT2D eigenvalue weighted by molar-refractivity contribution is 6.00. The minimum atomic E-state index is -0.755. The molecule has 0 aromatic heterocycles. The van der Waals surface area contributed by atoms with E-state index < -0.39 is 17.9 Å². The third kappa shape index (κ3) is 2.82. The van der Waals surface area contributed by atoms with Gasteiger partial charge in [-0.15, -0.1) is 0 Å². The Bertz CT molecular complexity index is 815. The molecule has 0 fully saturated rings. The molecule has 1 heterocycles. The Labute approximate surface area is 138 Å². The molecule has 0 saturated carbocycles. The van der Waals surface area contributed by atoms with Crippen LogP contribution in [0.3, 0.4) is 0 Å². The lowest BCUT2D eigenvalue weighted by atomic mass is 9.95. The first-order chi connectivity index (χ1) is 11.5. The second kappa shape index (κ2) is 6.31. The fourth-order valence-corrected chi connectivity index (χ4v) is 2.62. The Kier molecular flexibility index (Phi) is 4.20. The molecule has 3 rings (SSSR count). The number of Topliss-reactive ketones (excluding diaryl/α,β-unsaturated/α-hetero) is 1. The summed E-state index contributed by atoms with van der Waals surface area (Å²) in [6.07, 6.45) is -0.533. The van der Waals surface area contributed by atoms with E-state index in [1.807, 2.05) is 0 Å². The van der Waals surface area contributed by atoms with Crippen LogP contribution in [-0.4, -0.2) is 26.0 Å². The van der Waals surface area contributed by atoms with Crippen LogP contribution in [0.2, 0.25) is 0 Å². The van der Waals surface area contributed by atoms with Crippen LogP contribution in [0, 0.1) is 5.82 Å². The van der Waals surface area contributed by atoms with Gasteiger partial charge in [-0.2, -0.15) is 0 Å². The first kappa shape index (κ1) is 16.0. The molecule has 124 valence electrons. The minimum Gasteiger partial charge on any atom is -0.497 e. The molecule has 1 aliphatic heterocycles. The molecule has 2 aromatic rings. The Balaban J connectivity index is 1.92. The second-order valence-corrected chi connectivity index (χ2v) is 5.33. The van der Waals surface area contributed by atoms with Gasteiger partial charge in [-0.05, 0) is 29.8 Å². The summed E-state index contributed by atoms with van der Waals surface area (Å²) in [5.74, 6) is -0.606. The fourth-order valence-electron chi connectivity index (χ4n) is 2.62. The van der Waals surface area contributed by atoms with Crippen LogP contribution >= 0.6 is 0 Å². The van der Waals surface area contributed by atoms with Crippen molar-refractivity contribution in [2.75, 3.05) is 14.2 Å². The van der Waals surface area contributed by atoms with E-state index in [0.717, 1.165) is 0 Å². The molecule has 0 aliphatic carbocycles. The van der Waals surface area contributed by atoms with Gasteiger partial charge in [0.05, 0.1) is 31.8 Å². The van der Waals surface area contributed by atoms with Crippen molar-refractivity contribution in [2.24, 2.45) is 0 Å². The van der Waals surface area contributed by atoms with Crippen LogP contribution < -0.4 is 9.47 Å². The number of hydrogen-bond donors (Lipinski definition) is 0. The molecule has 24 heavy (non-hydrogen) atoms. The summed E-state index contributed by atoms with van der Waals surface area (Å²) >= 11 is 0. The summed E-state index contributed by atoms with van der Waals surface area (Å²) in [5.41, 5.74) is 0.783. The van der Waals surface area contributed by atoms with Crippen LogP contribution in [0.4, 0.5) is 4.39 Å². The molecule has 1 atom stereocenters. The quantitative estimate of drug-likeness (QED) is 0.808. The molecule has 2 aromatic carbocycles. The molecule has 0 amide bonds. The third-order valence-corrected chi connectivity index (χ3v) is 3.90. The van der Waals surface area contributed by atoms with Crippen molar-refractivity contribution in [3.63, 3.8) is 0 Å². The topological polar surface area (TPSA) is 61.8 Å². The Morgan fingerprint density at radius 1 is 1.21 bits per heavy atom. The van der Waals surface area contributed by atoms with Gasteiger partial charge in [0.15, 0.2) is 5.78 Å². The third-order valence-electron chi connectivity index (χ3n) is 3.90. The van der Waals surface area contributed by atoms with Crippen LogP contribution in [-0.2, 0) is 4.74 Å². The van der Waals surface area contributed by atoms with Crippen LogP contribution in [0.25, 0.3) is 0 Å². The maximum absolute atomic E-state index is 14.1. The lowest BCUT2D eigenvalue weighted by Gasteiger charge is -2.26. The zero-order valence-corrected chi connectivity index (χ0v) is 13.2. The van der Waals surface area contributed by atoms with Gasteiger partial charge in [-0.25, -0.2) is 9.18 Å². The predicted molar refractivity (Wildman–Crippen MR) is 83.1 cm³/mol. The molecule has 0 bridgehead atoms. The first-order valence-electron chi connectivity index (χ1n) is 7.29. The normalized spacial score (nSPS) is 16.1. The maximum Gasteiger partial charge on any atom is 0.340 e. The Hall–Kier alpha value is -2.89. The fraction of sp³-hybridized carbons (Fsp3) is 0.222. The number of benzene rings is 2. The van der Waals surface area contributed by atoms with E-state index in [-0.39, 0.29) is 17.8 Å². The van der Waals surface area contributed by atoms with Gasteiger partial charge >= 0.3 is 5.97 Å². The van der Waals surface area contributed by atoms with Gasteiger partial charge < -0.3 is 14.2 Å². The van der Waals surface area contributed by atoms with Gasteiger partial charge in [-0.3, -0.25) is 4.79 Å². The van der Waals surface area contributed by atoms with Crippen molar-refractivity contribution in [2.45, 2.75) is 12.5 Å². The van der Waals surface area contributed by atoms with E-state index in [4.69, 9.17) is 9.47 Å². The van der Waals surface area contributed by atoms with Gasteiger partial charge in [-0.1, -0.05) is 6.07 Å². The van der Waals surface area contributed by atoms with Crippen LogP contribution in [0.1, 0.15) is 38.8 Å². The van der Waals surface area contributed by atoms with Crippen molar-refractivity contribution in [3.05, 3.63) is 58.9 Å². The number of carbonyl (C=O) groups is 2. The maximum atomic E-state index is 14.1. The SMILES string of the molecule is COC(=O)c1ccc(C2CC(=O)c3ccc(OC)cc3O2)cc1F. The van der Waals surface area contributed by atoms with Gasteiger partial charge in [0, 0.05) is 6.07 Å². The van der Waals surface area contributed by atoms with Gasteiger partial charge in [0.2, 0.25) is 0 Å². The number of rotatable bonds is 3. The molecule has 0 N–H and O–H groups in total. The Morgan fingerprint density at radius 3 is 2.67 bits per heavy atom. The van der Waals surface area contributed by atoms with E-state index >= 15 is 0 Å². The largest absolute Gasteiger partial charge is 0.497 e. The van der Waals surface area contributed by atoms with Crippen molar-refractivity contribution < 1.29 is 28.2 Å². The summed E-state index contributed by atoms with van der Waals surface area (Å²) in [4.78, 5) is 23.7. The number of halogens is 1. The molecule has 0 spiro atoms. The number of methoxy groups -OCH3 is 2. The number of carbonyl (C=O) groups excluding carboxylic acids is 2. The van der Waals surface area contributed by atoms with Crippen molar-refractivity contribution in [1.82, 2.24) is 0 Å². The zero-order valence-electron chi connectivity index (χ0n) is 13.2. The lowest BCUT2D eigenvalue weighted by Crippen LogP contribution is -2.20. The summed E-state index contributed by atoms with van der Waals surface area (Å²) in [6, 6.07) is 9.02. The predicted octanol–water partition coefficient (Wildman–Crippen LogP) is 3.33. The summed E-state index contributed by atoms with van der Waals surface area (Å²) < 4.78 is 29.6.